The van der Waals surface area contributed by atoms with Gasteiger partial charge >= 0.3 is 0 Å². The number of nitrogens with zero attached hydrogens (tertiary/aromatic N) is 3. The predicted molar refractivity (Wildman–Crippen MR) is 99.3 cm³/mol. The summed E-state index contributed by atoms with van der Waals surface area (Å²) in [6.45, 7) is 8.12. The maximum absolute atomic E-state index is 13.1. The fourth-order valence-electron chi connectivity index (χ4n) is 3.81. The standard InChI is InChI=1S/C20H28FN3O2/c1-15(2)19(25)23-9-7-16(8-10-23)20(26)24-13-11-22(12-14-24)18-5-3-17(21)4-6-18/h3-6,15-16H,7-14H2,1-2H3. The molecule has 0 aliphatic carbocycles. The number of rotatable bonds is 3. The normalized spacial score (nSPS) is 19.2. The van der Waals surface area contributed by atoms with Crippen LogP contribution in [0, 0.1) is 17.7 Å². The van der Waals surface area contributed by atoms with Crippen molar-refractivity contribution in [3.63, 3.8) is 0 Å². The molecular weight excluding hydrogens is 333 g/mol. The van der Waals surface area contributed by atoms with Crippen molar-refractivity contribution < 1.29 is 14.0 Å². The molecular formula is C20H28FN3O2. The molecule has 2 saturated heterocycles. The second-order valence-corrected chi connectivity index (χ2v) is 7.54. The number of benzene rings is 1. The third-order valence-electron chi connectivity index (χ3n) is 5.43. The molecule has 0 N–H and O–H groups in total. The highest BCUT2D eigenvalue weighted by atomic mass is 19.1. The van der Waals surface area contributed by atoms with E-state index in [-0.39, 0.29) is 29.5 Å². The molecule has 5 nitrogen and oxygen atoms in total. The number of anilines is 1. The number of piperazine rings is 1. The van der Waals surface area contributed by atoms with E-state index in [1.165, 1.54) is 12.1 Å². The molecule has 1 aromatic rings. The summed E-state index contributed by atoms with van der Waals surface area (Å²) < 4.78 is 13.1. The molecule has 0 radical (unpaired) electrons. The zero-order valence-electron chi connectivity index (χ0n) is 15.7. The van der Waals surface area contributed by atoms with Crippen molar-refractivity contribution in [2.75, 3.05) is 44.2 Å². The van der Waals surface area contributed by atoms with Crippen LogP contribution in [0.4, 0.5) is 10.1 Å². The maximum atomic E-state index is 13.1. The highest BCUT2D eigenvalue weighted by Crippen LogP contribution is 2.23. The molecule has 1 aromatic carbocycles. The van der Waals surface area contributed by atoms with Crippen molar-refractivity contribution in [3.05, 3.63) is 30.1 Å². The molecule has 0 atom stereocenters. The molecule has 3 rings (SSSR count). The van der Waals surface area contributed by atoms with Gasteiger partial charge in [-0.25, -0.2) is 4.39 Å². The molecule has 2 aliphatic heterocycles. The Morgan fingerprint density at radius 2 is 1.50 bits per heavy atom. The molecule has 142 valence electrons. The smallest absolute Gasteiger partial charge is 0.225 e. The van der Waals surface area contributed by atoms with Crippen LogP contribution in [0.25, 0.3) is 0 Å². The zero-order chi connectivity index (χ0) is 18.7. The Bertz CT molecular complexity index is 631. The molecule has 0 aromatic heterocycles. The van der Waals surface area contributed by atoms with Gasteiger partial charge in [-0.3, -0.25) is 9.59 Å². The maximum Gasteiger partial charge on any atom is 0.225 e. The first kappa shape index (κ1) is 18.7. The van der Waals surface area contributed by atoms with Gasteiger partial charge in [0.15, 0.2) is 0 Å². The fourth-order valence-corrected chi connectivity index (χ4v) is 3.81. The van der Waals surface area contributed by atoms with Gasteiger partial charge in [0.2, 0.25) is 11.8 Å². The molecule has 0 spiro atoms. The van der Waals surface area contributed by atoms with Gasteiger partial charge in [-0.05, 0) is 37.1 Å². The lowest BCUT2D eigenvalue weighted by molar-refractivity contribution is -0.142. The van der Waals surface area contributed by atoms with Gasteiger partial charge in [-0.15, -0.1) is 0 Å². The summed E-state index contributed by atoms with van der Waals surface area (Å²) in [4.78, 5) is 30.9. The minimum Gasteiger partial charge on any atom is -0.368 e. The number of piperidine rings is 1. The number of hydrogen-bond acceptors (Lipinski definition) is 3. The first-order valence-electron chi connectivity index (χ1n) is 9.54. The van der Waals surface area contributed by atoms with Gasteiger partial charge in [-0.1, -0.05) is 13.8 Å². The van der Waals surface area contributed by atoms with E-state index < -0.39 is 0 Å². The number of carbonyl (C=O) groups excluding carboxylic acids is 2. The second kappa shape index (κ2) is 8.06. The summed E-state index contributed by atoms with van der Waals surface area (Å²) in [6.07, 6.45) is 1.52. The van der Waals surface area contributed by atoms with Crippen molar-refractivity contribution in [2.45, 2.75) is 26.7 Å². The van der Waals surface area contributed by atoms with E-state index in [0.717, 1.165) is 31.6 Å². The average Bonchev–Trinajstić information content (AvgIpc) is 2.67. The fraction of sp³-hybridized carbons (Fsp3) is 0.600. The van der Waals surface area contributed by atoms with Gasteiger partial charge in [0, 0.05) is 56.8 Å². The van der Waals surface area contributed by atoms with Gasteiger partial charge in [-0.2, -0.15) is 0 Å². The van der Waals surface area contributed by atoms with Crippen LogP contribution in [0.2, 0.25) is 0 Å². The molecule has 0 bridgehead atoms. The summed E-state index contributed by atoms with van der Waals surface area (Å²) in [7, 11) is 0. The Kier molecular flexibility index (Phi) is 5.79. The molecule has 2 amide bonds. The van der Waals surface area contributed by atoms with Crippen LogP contribution in [0.1, 0.15) is 26.7 Å². The van der Waals surface area contributed by atoms with Crippen LogP contribution in [-0.4, -0.2) is 60.9 Å². The van der Waals surface area contributed by atoms with E-state index in [0.29, 0.717) is 26.2 Å². The van der Waals surface area contributed by atoms with Crippen LogP contribution in [0.3, 0.4) is 0 Å². The van der Waals surface area contributed by atoms with E-state index in [1.54, 1.807) is 12.1 Å². The highest BCUT2D eigenvalue weighted by molar-refractivity contribution is 5.81. The van der Waals surface area contributed by atoms with Crippen molar-refractivity contribution in [2.24, 2.45) is 11.8 Å². The lowest BCUT2D eigenvalue weighted by Crippen LogP contribution is -2.52. The SMILES string of the molecule is CC(C)C(=O)N1CCC(C(=O)N2CCN(c3ccc(F)cc3)CC2)CC1. The van der Waals surface area contributed by atoms with Crippen molar-refractivity contribution in [3.8, 4) is 0 Å². The average molecular weight is 361 g/mol. The summed E-state index contributed by atoms with van der Waals surface area (Å²) >= 11 is 0. The molecule has 0 unspecified atom stereocenters. The van der Waals surface area contributed by atoms with Gasteiger partial charge in [0.25, 0.3) is 0 Å². The summed E-state index contributed by atoms with van der Waals surface area (Å²) in [6, 6.07) is 6.51. The predicted octanol–water partition coefficient (Wildman–Crippen LogP) is 2.37. The van der Waals surface area contributed by atoms with Crippen LogP contribution in [-0.2, 0) is 9.59 Å². The number of hydrogen-bond donors (Lipinski definition) is 0. The Morgan fingerprint density at radius 3 is 2.04 bits per heavy atom. The topological polar surface area (TPSA) is 43.9 Å². The van der Waals surface area contributed by atoms with Crippen LogP contribution in [0.5, 0.6) is 0 Å². The van der Waals surface area contributed by atoms with Gasteiger partial charge in [0.1, 0.15) is 5.82 Å². The van der Waals surface area contributed by atoms with E-state index in [9.17, 15) is 14.0 Å². The number of carbonyl (C=O) groups is 2. The zero-order valence-corrected chi connectivity index (χ0v) is 15.7. The molecule has 2 fully saturated rings. The van der Waals surface area contributed by atoms with Crippen LogP contribution >= 0.6 is 0 Å². The number of likely N-dealkylation sites (tertiary alicyclic amines) is 1. The Morgan fingerprint density at radius 1 is 0.923 bits per heavy atom. The molecule has 6 heteroatoms. The Labute approximate surface area is 154 Å². The summed E-state index contributed by atoms with van der Waals surface area (Å²) in [5.41, 5.74) is 0.999. The molecule has 2 aliphatic rings. The van der Waals surface area contributed by atoms with E-state index in [1.807, 2.05) is 23.6 Å². The molecule has 26 heavy (non-hydrogen) atoms. The van der Waals surface area contributed by atoms with Gasteiger partial charge < -0.3 is 14.7 Å². The Balaban J connectivity index is 1.48. The number of halogens is 1. The first-order chi connectivity index (χ1) is 12.5. The highest BCUT2D eigenvalue weighted by Gasteiger charge is 2.32. The first-order valence-corrected chi connectivity index (χ1v) is 9.54. The largest absolute Gasteiger partial charge is 0.368 e. The monoisotopic (exact) mass is 361 g/mol. The van der Waals surface area contributed by atoms with Crippen molar-refractivity contribution in [1.82, 2.24) is 9.80 Å². The number of amides is 2. The summed E-state index contributed by atoms with van der Waals surface area (Å²) in [5.74, 6) is 0.222. The van der Waals surface area contributed by atoms with E-state index in [4.69, 9.17) is 0 Å². The van der Waals surface area contributed by atoms with Crippen molar-refractivity contribution >= 4 is 17.5 Å². The third-order valence-corrected chi connectivity index (χ3v) is 5.43. The lowest BCUT2D eigenvalue weighted by atomic mass is 9.94. The van der Waals surface area contributed by atoms with E-state index in [2.05, 4.69) is 4.90 Å². The molecule has 0 saturated carbocycles. The minimum absolute atomic E-state index is 0.0155. The van der Waals surface area contributed by atoms with Gasteiger partial charge in [0.05, 0.1) is 0 Å². The van der Waals surface area contributed by atoms with Crippen LogP contribution in [0.15, 0.2) is 24.3 Å². The quantitative estimate of drug-likeness (QED) is 0.830. The summed E-state index contributed by atoms with van der Waals surface area (Å²) in [5, 5.41) is 0. The van der Waals surface area contributed by atoms with Crippen molar-refractivity contribution in [1.29, 1.82) is 0 Å². The second-order valence-electron chi connectivity index (χ2n) is 7.54. The van der Waals surface area contributed by atoms with E-state index >= 15 is 0 Å². The van der Waals surface area contributed by atoms with Crippen LogP contribution < -0.4 is 4.90 Å². The third kappa shape index (κ3) is 4.17. The molecule has 2 heterocycles. The lowest BCUT2D eigenvalue weighted by Gasteiger charge is -2.39. The minimum atomic E-state index is -0.232. The Hall–Kier alpha value is -2.11.